The minimum atomic E-state index is -0.256. The zero-order valence-corrected chi connectivity index (χ0v) is 11.1. The van der Waals surface area contributed by atoms with E-state index >= 15 is 0 Å². The maximum atomic E-state index is 12.1. The average Bonchev–Trinajstić information content (AvgIpc) is 2.85. The monoisotopic (exact) mass is 253 g/mol. The Labute approximate surface area is 107 Å². The van der Waals surface area contributed by atoms with Crippen molar-refractivity contribution in [3.05, 3.63) is 23.7 Å². The van der Waals surface area contributed by atoms with E-state index in [-0.39, 0.29) is 11.9 Å². The lowest BCUT2D eigenvalue weighted by Crippen LogP contribution is -2.28. The topological polar surface area (TPSA) is 59.8 Å². The molecule has 0 aromatic carbocycles. The number of aryl methyl sites for hydroxylation is 1. The first kappa shape index (κ1) is 14.3. The van der Waals surface area contributed by atoms with Crippen LogP contribution in [0, 0.1) is 0 Å². The predicted molar refractivity (Wildman–Crippen MR) is 66.3 cm³/mol. The van der Waals surface area contributed by atoms with Crippen LogP contribution in [0.1, 0.15) is 35.9 Å². The summed E-state index contributed by atoms with van der Waals surface area (Å²) in [6.45, 7) is 2.45. The molecule has 18 heavy (non-hydrogen) atoms. The second kappa shape index (κ2) is 6.83. The molecule has 0 unspecified atom stereocenters. The van der Waals surface area contributed by atoms with E-state index in [1.165, 1.54) is 13.4 Å². The highest BCUT2D eigenvalue weighted by Crippen LogP contribution is 2.13. The largest absolute Gasteiger partial charge is 0.469 e. The number of amides is 1. The van der Waals surface area contributed by atoms with E-state index in [1.807, 2.05) is 6.92 Å². The van der Waals surface area contributed by atoms with Gasteiger partial charge in [-0.1, -0.05) is 6.92 Å². The Morgan fingerprint density at radius 2 is 2.17 bits per heavy atom. The molecule has 0 atom stereocenters. The Kier molecular flexibility index (Phi) is 5.42. The minimum Gasteiger partial charge on any atom is -0.469 e. The van der Waals surface area contributed by atoms with Gasteiger partial charge < -0.3 is 14.1 Å². The van der Waals surface area contributed by atoms with Gasteiger partial charge in [-0.05, 0) is 12.5 Å². The number of nitrogens with zero attached hydrogens (tertiary/aromatic N) is 1. The molecule has 5 nitrogen and oxygen atoms in total. The molecule has 0 bridgehead atoms. The molecule has 100 valence electrons. The van der Waals surface area contributed by atoms with E-state index in [1.54, 1.807) is 18.0 Å². The second-order valence-corrected chi connectivity index (χ2v) is 4.02. The molecule has 0 aliphatic rings. The standard InChI is InChI=1S/C13H19NO4/c1-4-11-10(7-9-18-11)13(16)14(2)8-5-6-12(15)17-3/h7,9H,4-6,8H2,1-3H3. The van der Waals surface area contributed by atoms with Gasteiger partial charge in [-0.2, -0.15) is 0 Å². The summed E-state index contributed by atoms with van der Waals surface area (Å²) in [5.41, 5.74) is 0.595. The van der Waals surface area contributed by atoms with Gasteiger partial charge in [-0.25, -0.2) is 0 Å². The summed E-state index contributed by atoms with van der Waals surface area (Å²) in [6, 6.07) is 1.68. The van der Waals surface area contributed by atoms with E-state index in [0.29, 0.717) is 37.1 Å². The summed E-state index contributed by atoms with van der Waals surface area (Å²) < 4.78 is 9.77. The number of rotatable bonds is 6. The lowest BCUT2D eigenvalue weighted by Gasteiger charge is -2.16. The molecule has 0 saturated heterocycles. The van der Waals surface area contributed by atoms with Crippen molar-refractivity contribution in [2.24, 2.45) is 0 Å². The van der Waals surface area contributed by atoms with Crippen LogP contribution in [0.3, 0.4) is 0 Å². The third-order valence-electron chi connectivity index (χ3n) is 2.75. The van der Waals surface area contributed by atoms with Crippen LogP contribution in [0.2, 0.25) is 0 Å². The van der Waals surface area contributed by atoms with Crippen molar-refractivity contribution in [1.29, 1.82) is 0 Å². The molecule has 1 heterocycles. The molecule has 0 fully saturated rings. The van der Waals surface area contributed by atoms with Gasteiger partial charge in [0, 0.05) is 26.4 Å². The molecule has 1 aromatic rings. The van der Waals surface area contributed by atoms with Crippen LogP contribution in [0.5, 0.6) is 0 Å². The van der Waals surface area contributed by atoms with Crippen molar-refractivity contribution in [3.63, 3.8) is 0 Å². The normalized spacial score (nSPS) is 10.2. The zero-order valence-electron chi connectivity index (χ0n) is 11.1. The molecule has 1 aromatic heterocycles. The maximum absolute atomic E-state index is 12.1. The Bertz CT molecular complexity index is 411. The van der Waals surface area contributed by atoms with E-state index < -0.39 is 0 Å². The lowest BCUT2D eigenvalue weighted by molar-refractivity contribution is -0.140. The Balaban J connectivity index is 2.49. The first-order valence-electron chi connectivity index (χ1n) is 5.98. The summed E-state index contributed by atoms with van der Waals surface area (Å²) in [4.78, 5) is 24.6. The minimum absolute atomic E-state index is 0.0783. The highest BCUT2D eigenvalue weighted by atomic mass is 16.5. The molecule has 0 spiro atoms. The molecule has 0 radical (unpaired) electrons. The smallest absolute Gasteiger partial charge is 0.305 e. The fourth-order valence-electron chi connectivity index (χ4n) is 1.67. The van der Waals surface area contributed by atoms with Gasteiger partial charge in [0.25, 0.3) is 5.91 Å². The molecule has 1 amide bonds. The second-order valence-electron chi connectivity index (χ2n) is 4.02. The number of hydrogen-bond donors (Lipinski definition) is 0. The van der Waals surface area contributed by atoms with E-state index in [0.717, 1.165) is 0 Å². The highest BCUT2D eigenvalue weighted by molar-refractivity contribution is 5.95. The van der Waals surface area contributed by atoms with Crippen LogP contribution in [0.15, 0.2) is 16.7 Å². The maximum Gasteiger partial charge on any atom is 0.305 e. The molecular weight excluding hydrogens is 234 g/mol. The molecule has 0 saturated carbocycles. The highest BCUT2D eigenvalue weighted by Gasteiger charge is 2.17. The Hall–Kier alpha value is -1.78. The fourth-order valence-corrected chi connectivity index (χ4v) is 1.67. The van der Waals surface area contributed by atoms with Crippen molar-refractivity contribution >= 4 is 11.9 Å². The van der Waals surface area contributed by atoms with Crippen molar-refractivity contribution < 1.29 is 18.7 Å². The van der Waals surface area contributed by atoms with E-state index in [9.17, 15) is 9.59 Å². The van der Waals surface area contributed by atoms with Gasteiger partial charge in [0.05, 0.1) is 18.9 Å². The van der Waals surface area contributed by atoms with Crippen molar-refractivity contribution in [2.45, 2.75) is 26.2 Å². The summed E-state index contributed by atoms with van der Waals surface area (Å²) in [5.74, 6) is 0.360. The van der Waals surface area contributed by atoms with Crippen molar-refractivity contribution in [3.8, 4) is 0 Å². The predicted octanol–water partition coefficient (Wildman–Crippen LogP) is 1.87. The first-order valence-corrected chi connectivity index (χ1v) is 5.98. The number of carbonyl (C=O) groups excluding carboxylic acids is 2. The number of methoxy groups -OCH3 is 1. The van der Waals surface area contributed by atoms with Crippen LogP contribution < -0.4 is 0 Å². The number of furan rings is 1. The van der Waals surface area contributed by atoms with E-state index in [2.05, 4.69) is 4.74 Å². The lowest BCUT2D eigenvalue weighted by atomic mass is 10.2. The van der Waals surface area contributed by atoms with Gasteiger partial charge in [0.15, 0.2) is 0 Å². The third-order valence-corrected chi connectivity index (χ3v) is 2.75. The SMILES string of the molecule is CCc1occc1C(=O)N(C)CCCC(=O)OC. The van der Waals surface area contributed by atoms with Crippen LogP contribution in [0.4, 0.5) is 0 Å². The quantitative estimate of drug-likeness (QED) is 0.726. The number of hydrogen-bond acceptors (Lipinski definition) is 4. The van der Waals surface area contributed by atoms with Gasteiger partial charge in [-0.15, -0.1) is 0 Å². The van der Waals surface area contributed by atoms with Crippen LogP contribution in [0.25, 0.3) is 0 Å². The average molecular weight is 253 g/mol. The van der Waals surface area contributed by atoms with Gasteiger partial charge in [-0.3, -0.25) is 9.59 Å². The van der Waals surface area contributed by atoms with Crippen LogP contribution in [-0.4, -0.2) is 37.5 Å². The fraction of sp³-hybridized carbons (Fsp3) is 0.538. The Morgan fingerprint density at radius 3 is 2.78 bits per heavy atom. The summed E-state index contributed by atoms with van der Waals surface area (Å²) >= 11 is 0. The molecule has 1 rings (SSSR count). The Morgan fingerprint density at radius 1 is 1.44 bits per heavy atom. The van der Waals surface area contributed by atoms with Crippen LogP contribution >= 0.6 is 0 Å². The van der Waals surface area contributed by atoms with Gasteiger partial charge in [0.1, 0.15) is 5.76 Å². The van der Waals surface area contributed by atoms with Crippen LogP contribution in [-0.2, 0) is 16.0 Å². The molecule has 5 heteroatoms. The molecular formula is C13H19NO4. The summed E-state index contributed by atoms with van der Waals surface area (Å²) in [7, 11) is 3.07. The zero-order chi connectivity index (χ0) is 13.5. The van der Waals surface area contributed by atoms with Gasteiger partial charge in [0.2, 0.25) is 0 Å². The summed E-state index contributed by atoms with van der Waals surface area (Å²) in [6.07, 6.45) is 3.12. The molecule has 0 aliphatic carbocycles. The first-order chi connectivity index (χ1) is 8.60. The summed E-state index contributed by atoms with van der Waals surface area (Å²) in [5, 5.41) is 0. The number of esters is 1. The number of carbonyl (C=O) groups is 2. The van der Waals surface area contributed by atoms with Crippen molar-refractivity contribution in [1.82, 2.24) is 4.90 Å². The van der Waals surface area contributed by atoms with E-state index in [4.69, 9.17) is 4.42 Å². The molecule has 0 N–H and O–H groups in total. The van der Waals surface area contributed by atoms with Crippen molar-refractivity contribution in [2.75, 3.05) is 20.7 Å². The molecule has 0 aliphatic heterocycles. The number of ether oxygens (including phenoxy) is 1. The van der Waals surface area contributed by atoms with Gasteiger partial charge >= 0.3 is 5.97 Å². The third kappa shape index (κ3) is 3.61.